The van der Waals surface area contributed by atoms with E-state index in [0.29, 0.717) is 10.6 Å². The summed E-state index contributed by atoms with van der Waals surface area (Å²) in [6.07, 6.45) is 0.0797. The monoisotopic (exact) mass is 392 g/mol. The molecule has 0 aliphatic carbocycles. The molecule has 0 bridgehead atoms. The predicted octanol–water partition coefficient (Wildman–Crippen LogP) is 3.71. The Balaban J connectivity index is 2.08. The van der Waals surface area contributed by atoms with Crippen LogP contribution >= 0.6 is 11.6 Å². The molecule has 0 heterocycles. The largest absolute Gasteiger partial charge is 0.494 e. The molecule has 0 spiro atoms. The molecule has 7 heteroatoms. The van der Waals surface area contributed by atoms with Gasteiger partial charge in [-0.2, -0.15) is 0 Å². The van der Waals surface area contributed by atoms with Crippen molar-refractivity contribution >= 4 is 23.4 Å². The van der Waals surface area contributed by atoms with E-state index < -0.39 is 11.9 Å². The van der Waals surface area contributed by atoms with Crippen molar-refractivity contribution in [3.05, 3.63) is 64.4 Å². The van der Waals surface area contributed by atoms with Crippen LogP contribution in [-0.4, -0.2) is 30.9 Å². The van der Waals surface area contributed by atoms with Gasteiger partial charge in [-0.25, -0.2) is 4.39 Å². The van der Waals surface area contributed by atoms with Crippen molar-refractivity contribution in [1.82, 2.24) is 10.2 Å². The third-order valence-electron chi connectivity index (χ3n) is 4.09. The second kappa shape index (κ2) is 9.37. The smallest absolute Gasteiger partial charge is 0.225 e. The van der Waals surface area contributed by atoms with Crippen molar-refractivity contribution < 1.29 is 18.7 Å². The first-order valence-corrected chi connectivity index (χ1v) is 8.77. The van der Waals surface area contributed by atoms with Gasteiger partial charge in [0, 0.05) is 25.5 Å². The molecule has 144 valence electrons. The third-order valence-corrected chi connectivity index (χ3v) is 4.34. The molecule has 0 saturated carbocycles. The van der Waals surface area contributed by atoms with E-state index in [1.54, 1.807) is 37.4 Å². The predicted molar refractivity (Wildman–Crippen MR) is 102 cm³/mol. The molecule has 1 atom stereocenters. The fourth-order valence-electron chi connectivity index (χ4n) is 2.69. The molecule has 0 aliphatic heterocycles. The van der Waals surface area contributed by atoms with Crippen molar-refractivity contribution in [3.8, 4) is 5.75 Å². The molecule has 2 aromatic carbocycles. The van der Waals surface area contributed by atoms with Gasteiger partial charge < -0.3 is 15.0 Å². The summed E-state index contributed by atoms with van der Waals surface area (Å²) >= 11 is 5.90. The number of carbonyl (C=O) groups is 2. The minimum Gasteiger partial charge on any atom is -0.494 e. The summed E-state index contributed by atoms with van der Waals surface area (Å²) in [5.41, 5.74) is 1.43. The molecule has 2 amide bonds. The van der Waals surface area contributed by atoms with Crippen molar-refractivity contribution in [1.29, 1.82) is 0 Å². The summed E-state index contributed by atoms with van der Waals surface area (Å²) in [7, 11) is 3.03. The van der Waals surface area contributed by atoms with Crippen LogP contribution in [0.5, 0.6) is 5.75 Å². The number of hydrogen-bond donors (Lipinski definition) is 1. The van der Waals surface area contributed by atoms with Crippen molar-refractivity contribution in [2.45, 2.75) is 25.9 Å². The third kappa shape index (κ3) is 5.96. The van der Waals surface area contributed by atoms with Crippen LogP contribution in [0.4, 0.5) is 4.39 Å². The summed E-state index contributed by atoms with van der Waals surface area (Å²) in [6.45, 7) is 1.64. The Kier molecular flexibility index (Phi) is 7.19. The van der Waals surface area contributed by atoms with Crippen molar-refractivity contribution in [2.24, 2.45) is 0 Å². The first kappa shape index (κ1) is 20.7. The second-order valence-corrected chi connectivity index (χ2v) is 6.66. The number of nitrogens with one attached hydrogen (secondary N) is 1. The Morgan fingerprint density at radius 2 is 1.89 bits per heavy atom. The SMILES string of the molecule is COc1ccc(CN(C)C(=O)CC(NC(C)=O)c2ccc(Cl)cc2)cc1F. The lowest BCUT2D eigenvalue weighted by molar-refractivity contribution is -0.131. The van der Waals surface area contributed by atoms with Gasteiger partial charge in [0.2, 0.25) is 11.8 Å². The summed E-state index contributed by atoms with van der Waals surface area (Å²) < 4.78 is 18.7. The van der Waals surface area contributed by atoms with Crippen LogP contribution in [0.25, 0.3) is 0 Å². The highest BCUT2D eigenvalue weighted by Gasteiger charge is 2.20. The van der Waals surface area contributed by atoms with Crippen LogP contribution in [0.15, 0.2) is 42.5 Å². The zero-order valence-electron chi connectivity index (χ0n) is 15.5. The lowest BCUT2D eigenvalue weighted by Crippen LogP contribution is -2.33. The topological polar surface area (TPSA) is 58.6 Å². The van der Waals surface area contributed by atoms with E-state index in [-0.39, 0.29) is 30.5 Å². The van der Waals surface area contributed by atoms with Gasteiger partial charge in [0.15, 0.2) is 11.6 Å². The molecule has 1 N–H and O–H groups in total. The van der Waals surface area contributed by atoms with Gasteiger partial charge in [-0.05, 0) is 35.4 Å². The second-order valence-electron chi connectivity index (χ2n) is 6.23. The molecule has 0 radical (unpaired) electrons. The molecule has 0 saturated heterocycles. The Morgan fingerprint density at radius 1 is 1.22 bits per heavy atom. The molecule has 5 nitrogen and oxygen atoms in total. The van der Waals surface area contributed by atoms with E-state index in [4.69, 9.17) is 16.3 Å². The van der Waals surface area contributed by atoms with Gasteiger partial charge in [0.1, 0.15) is 0 Å². The van der Waals surface area contributed by atoms with Crippen LogP contribution in [0.3, 0.4) is 0 Å². The maximum absolute atomic E-state index is 13.8. The zero-order valence-corrected chi connectivity index (χ0v) is 16.2. The molecule has 0 aliphatic rings. The van der Waals surface area contributed by atoms with Crippen LogP contribution in [-0.2, 0) is 16.1 Å². The number of amides is 2. The number of benzene rings is 2. The summed E-state index contributed by atoms with van der Waals surface area (Å²) in [6, 6.07) is 11.1. The van der Waals surface area contributed by atoms with Crippen LogP contribution in [0, 0.1) is 5.82 Å². The van der Waals surface area contributed by atoms with E-state index in [0.717, 1.165) is 5.56 Å². The van der Waals surface area contributed by atoms with E-state index >= 15 is 0 Å². The van der Waals surface area contributed by atoms with Gasteiger partial charge in [-0.15, -0.1) is 0 Å². The highest BCUT2D eigenvalue weighted by Crippen LogP contribution is 2.22. The standard InChI is InChI=1S/C20H22ClFN2O3/c1-13(25)23-18(15-5-7-16(21)8-6-15)11-20(26)24(2)12-14-4-9-19(27-3)17(22)10-14/h4-10,18H,11-12H2,1-3H3,(H,23,25). The van der Waals surface area contributed by atoms with Gasteiger partial charge in [0.25, 0.3) is 0 Å². The molecular formula is C20H22ClFN2O3. The number of rotatable bonds is 7. The molecule has 27 heavy (non-hydrogen) atoms. The minimum atomic E-state index is -0.479. The maximum atomic E-state index is 13.8. The van der Waals surface area contributed by atoms with E-state index in [9.17, 15) is 14.0 Å². The highest BCUT2D eigenvalue weighted by molar-refractivity contribution is 6.30. The fourth-order valence-corrected chi connectivity index (χ4v) is 2.82. The highest BCUT2D eigenvalue weighted by atomic mass is 35.5. The number of carbonyl (C=O) groups excluding carboxylic acids is 2. The van der Waals surface area contributed by atoms with Gasteiger partial charge in [-0.1, -0.05) is 29.8 Å². The number of hydrogen-bond acceptors (Lipinski definition) is 3. The number of ether oxygens (including phenoxy) is 1. The van der Waals surface area contributed by atoms with Crippen LogP contribution in [0.2, 0.25) is 5.02 Å². The summed E-state index contributed by atoms with van der Waals surface area (Å²) in [5.74, 6) is -0.739. The average Bonchev–Trinajstić information content (AvgIpc) is 2.61. The Hall–Kier alpha value is -2.60. The summed E-state index contributed by atoms with van der Waals surface area (Å²) in [4.78, 5) is 25.6. The fraction of sp³-hybridized carbons (Fsp3) is 0.300. The minimum absolute atomic E-state index is 0.0797. The lowest BCUT2D eigenvalue weighted by atomic mass is 10.0. The average molecular weight is 393 g/mol. The van der Waals surface area contributed by atoms with E-state index in [1.807, 2.05) is 0 Å². The molecule has 2 aromatic rings. The van der Waals surface area contributed by atoms with E-state index in [1.165, 1.54) is 31.1 Å². The molecule has 0 aromatic heterocycles. The lowest BCUT2D eigenvalue weighted by Gasteiger charge is -2.23. The number of nitrogens with zero attached hydrogens (tertiary/aromatic N) is 1. The van der Waals surface area contributed by atoms with Gasteiger partial charge in [-0.3, -0.25) is 9.59 Å². The number of methoxy groups -OCH3 is 1. The van der Waals surface area contributed by atoms with Crippen molar-refractivity contribution in [2.75, 3.05) is 14.2 Å². The molecule has 2 rings (SSSR count). The molecule has 0 fully saturated rings. The molecular weight excluding hydrogens is 371 g/mol. The Morgan fingerprint density at radius 3 is 2.44 bits per heavy atom. The Labute approximate surface area is 163 Å². The first-order valence-electron chi connectivity index (χ1n) is 8.39. The van der Waals surface area contributed by atoms with Crippen molar-refractivity contribution in [3.63, 3.8) is 0 Å². The maximum Gasteiger partial charge on any atom is 0.225 e. The zero-order chi connectivity index (χ0) is 20.0. The van der Waals surface area contributed by atoms with Crippen LogP contribution < -0.4 is 10.1 Å². The van der Waals surface area contributed by atoms with Crippen LogP contribution in [0.1, 0.15) is 30.5 Å². The van der Waals surface area contributed by atoms with Gasteiger partial charge in [0.05, 0.1) is 19.6 Å². The molecule has 1 unspecified atom stereocenters. The summed E-state index contributed by atoms with van der Waals surface area (Å²) in [5, 5.41) is 3.36. The Bertz CT molecular complexity index is 811. The normalized spacial score (nSPS) is 11.6. The first-order chi connectivity index (χ1) is 12.8. The number of halogens is 2. The van der Waals surface area contributed by atoms with E-state index in [2.05, 4.69) is 5.32 Å². The quantitative estimate of drug-likeness (QED) is 0.781. The van der Waals surface area contributed by atoms with Gasteiger partial charge >= 0.3 is 0 Å².